The van der Waals surface area contributed by atoms with Crippen LogP contribution in [0, 0.1) is 11.3 Å². The molecule has 2 atom stereocenters. The van der Waals surface area contributed by atoms with Crippen molar-refractivity contribution < 1.29 is 14.3 Å². The standard InChI is InChI=1S/C13H23ClO3/c1-6-9(4)10(5)17-12(16)13(7-2,8-3)11(14)15/h9-10H,6-8H2,1-5H3. The summed E-state index contributed by atoms with van der Waals surface area (Å²) < 4.78 is 5.37. The lowest BCUT2D eigenvalue weighted by Crippen LogP contribution is -2.39. The van der Waals surface area contributed by atoms with Gasteiger partial charge in [0.1, 0.15) is 11.5 Å². The van der Waals surface area contributed by atoms with Gasteiger partial charge in [-0.15, -0.1) is 0 Å². The van der Waals surface area contributed by atoms with Crippen LogP contribution in [0.5, 0.6) is 0 Å². The summed E-state index contributed by atoms with van der Waals surface area (Å²) in [6.45, 7) is 9.45. The Balaban J connectivity index is 4.82. The largest absolute Gasteiger partial charge is 0.462 e. The van der Waals surface area contributed by atoms with Gasteiger partial charge in [0.2, 0.25) is 5.24 Å². The normalized spacial score (nSPS) is 15.2. The summed E-state index contributed by atoms with van der Waals surface area (Å²) in [4.78, 5) is 23.5. The average Bonchev–Trinajstić information content (AvgIpc) is 2.29. The second kappa shape index (κ2) is 7.00. The Hall–Kier alpha value is -0.570. The van der Waals surface area contributed by atoms with Gasteiger partial charge in [-0.05, 0) is 37.3 Å². The maximum Gasteiger partial charge on any atom is 0.321 e. The predicted octanol–water partition coefficient (Wildman–Crippen LogP) is 3.54. The van der Waals surface area contributed by atoms with Crippen molar-refractivity contribution >= 4 is 22.8 Å². The van der Waals surface area contributed by atoms with E-state index in [-0.39, 0.29) is 12.0 Å². The van der Waals surface area contributed by atoms with E-state index in [9.17, 15) is 9.59 Å². The third-order valence-electron chi connectivity index (χ3n) is 3.71. The van der Waals surface area contributed by atoms with Gasteiger partial charge in [0, 0.05) is 0 Å². The fraction of sp³-hybridized carbons (Fsp3) is 0.846. The number of rotatable bonds is 7. The highest BCUT2D eigenvalue weighted by Gasteiger charge is 2.44. The SMILES string of the molecule is CCC(C)C(C)OC(=O)C(CC)(CC)C(=O)Cl. The smallest absolute Gasteiger partial charge is 0.321 e. The van der Waals surface area contributed by atoms with E-state index in [2.05, 4.69) is 0 Å². The lowest BCUT2D eigenvalue weighted by Gasteiger charge is -2.28. The van der Waals surface area contributed by atoms with Crippen LogP contribution in [0.15, 0.2) is 0 Å². The highest BCUT2D eigenvalue weighted by atomic mass is 35.5. The summed E-state index contributed by atoms with van der Waals surface area (Å²) >= 11 is 5.55. The van der Waals surface area contributed by atoms with Gasteiger partial charge < -0.3 is 4.74 Å². The van der Waals surface area contributed by atoms with Gasteiger partial charge >= 0.3 is 5.97 Å². The molecule has 17 heavy (non-hydrogen) atoms. The summed E-state index contributed by atoms with van der Waals surface area (Å²) in [6, 6.07) is 0. The van der Waals surface area contributed by atoms with Gasteiger partial charge in [0.05, 0.1) is 0 Å². The summed E-state index contributed by atoms with van der Waals surface area (Å²) in [5.41, 5.74) is -1.18. The molecule has 0 spiro atoms. The molecule has 3 nitrogen and oxygen atoms in total. The van der Waals surface area contributed by atoms with Gasteiger partial charge in [-0.2, -0.15) is 0 Å². The molecule has 0 aliphatic rings. The van der Waals surface area contributed by atoms with Crippen LogP contribution in [0.3, 0.4) is 0 Å². The fourth-order valence-electron chi connectivity index (χ4n) is 1.63. The Kier molecular flexibility index (Phi) is 6.76. The second-order valence-electron chi connectivity index (χ2n) is 4.56. The number of carbonyl (C=O) groups excluding carboxylic acids is 2. The van der Waals surface area contributed by atoms with Crippen molar-refractivity contribution in [2.45, 2.75) is 60.0 Å². The molecule has 100 valence electrons. The van der Waals surface area contributed by atoms with Crippen LogP contribution < -0.4 is 0 Å². The summed E-state index contributed by atoms with van der Waals surface area (Å²) in [6.07, 6.45) is 1.48. The molecule has 0 radical (unpaired) electrons. The molecule has 0 fully saturated rings. The van der Waals surface area contributed by atoms with Crippen molar-refractivity contribution in [1.82, 2.24) is 0 Å². The maximum absolute atomic E-state index is 12.1. The minimum Gasteiger partial charge on any atom is -0.462 e. The quantitative estimate of drug-likeness (QED) is 0.400. The molecule has 0 N–H and O–H groups in total. The van der Waals surface area contributed by atoms with Crippen LogP contribution in [0.25, 0.3) is 0 Å². The Morgan fingerprint density at radius 3 is 1.94 bits per heavy atom. The van der Waals surface area contributed by atoms with Crippen molar-refractivity contribution in [3.63, 3.8) is 0 Å². The van der Waals surface area contributed by atoms with Gasteiger partial charge in [-0.25, -0.2) is 0 Å². The lowest BCUT2D eigenvalue weighted by molar-refractivity contribution is -0.165. The van der Waals surface area contributed by atoms with Crippen molar-refractivity contribution in [2.24, 2.45) is 11.3 Å². The number of ether oxygens (including phenoxy) is 1. The van der Waals surface area contributed by atoms with E-state index < -0.39 is 16.6 Å². The Bertz CT molecular complexity index is 272. The van der Waals surface area contributed by atoms with E-state index in [1.807, 2.05) is 20.8 Å². The van der Waals surface area contributed by atoms with Crippen LogP contribution in [0.2, 0.25) is 0 Å². The number of halogens is 1. The van der Waals surface area contributed by atoms with Crippen LogP contribution in [0.1, 0.15) is 53.9 Å². The van der Waals surface area contributed by atoms with Crippen LogP contribution in [0.4, 0.5) is 0 Å². The Morgan fingerprint density at radius 2 is 1.65 bits per heavy atom. The van der Waals surface area contributed by atoms with Gasteiger partial charge in [0.25, 0.3) is 0 Å². The number of esters is 1. The van der Waals surface area contributed by atoms with Crippen LogP contribution in [-0.4, -0.2) is 17.3 Å². The van der Waals surface area contributed by atoms with Gasteiger partial charge in [-0.1, -0.05) is 34.1 Å². The first-order valence-electron chi connectivity index (χ1n) is 6.26. The molecule has 0 saturated heterocycles. The zero-order valence-electron chi connectivity index (χ0n) is 11.4. The third-order valence-corrected chi connectivity index (χ3v) is 4.07. The van der Waals surface area contributed by atoms with E-state index in [4.69, 9.17) is 16.3 Å². The molecular weight excluding hydrogens is 240 g/mol. The molecule has 2 unspecified atom stereocenters. The molecule has 0 bridgehead atoms. The summed E-state index contributed by atoms with van der Waals surface area (Å²) in [5.74, 6) is -0.217. The van der Waals surface area contributed by atoms with Gasteiger partial charge in [-0.3, -0.25) is 9.59 Å². The molecule has 0 heterocycles. The average molecular weight is 263 g/mol. The molecule has 0 aliphatic heterocycles. The Labute approximate surface area is 109 Å². The van der Waals surface area contributed by atoms with E-state index in [0.717, 1.165) is 6.42 Å². The Morgan fingerprint density at radius 1 is 1.18 bits per heavy atom. The molecule has 0 rings (SSSR count). The number of hydrogen-bond acceptors (Lipinski definition) is 3. The number of hydrogen-bond donors (Lipinski definition) is 0. The topological polar surface area (TPSA) is 43.4 Å². The zero-order valence-corrected chi connectivity index (χ0v) is 12.1. The molecule has 0 aromatic heterocycles. The van der Waals surface area contributed by atoms with Gasteiger partial charge in [0.15, 0.2) is 0 Å². The molecular formula is C13H23ClO3. The molecule has 0 aromatic rings. The van der Waals surface area contributed by atoms with Crippen LogP contribution >= 0.6 is 11.6 Å². The fourth-order valence-corrected chi connectivity index (χ4v) is 1.97. The monoisotopic (exact) mass is 262 g/mol. The van der Waals surface area contributed by atoms with Crippen molar-refractivity contribution in [3.8, 4) is 0 Å². The molecule has 4 heteroatoms. The van der Waals surface area contributed by atoms with E-state index >= 15 is 0 Å². The molecule has 0 amide bonds. The first-order chi connectivity index (χ1) is 7.85. The maximum atomic E-state index is 12.1. The predicted molar refractivity (Wildman–Crippen MR) is 68.9 cm³/mol. The second-order valence-corrected chi connectivity index (χ2v) is 4.90. The van der Waals surface area contributed by atoms with Crippen molar-refractivity contribution in [3.05, 3.63) is 0 Å². The third kappa shape index (κ3) is 3.70. The molecule has 0 saturated carbocycles. The van der Waals surface area contributed by atoms with E-state index in [1.54, 1.807) is 13.8 Å². The first kappa shape index (κ1) is 16.4. The van der Waals surface area contributed by atoms with Crippen molar-refractivity contribution in [1.29, 1.82) is 0 Å². The van der Waals surface area contributed by atoms with E-state index in [0.29, 0.717) is 12.8 Å². The first-order valence-corrected chi connectivity index (χ1v) is 6.64. The number of carbonyl (C=O) groups is 2. The highest BCUT2D eigenvalue weighted by Crippen LogP contribution is 2.32. The van der Waals surface area contributed by atoms with E-state index in [1.165, 1.54) is 0 Å². The van der Waals surface area contributed by atoms with Crippen molar-refractivity contribution in [2.75, 3.05) is 0 Å². The molecule has 0 aliphatic carbocycles. The summed E-state index contributed by atoms with van der Waals surface area (Å²) in [7, 11) is 0. The highest BCUT2D eigenvalue weighted by molar-refractivity contribution is 6.66. The van der Waals surface area contributed by atoms with Crippen LogP contribution in [-0.2, 0) is 14.3 Å². The summed E-state index contributed by atoms with van der Waals surface area (Å²) in [5, 5.41) is -0.621. The minimum absolute atomic E-state index is 0.194. The zero-order chi connectivity index (χ0) is 13.6. The minimum atomic E-state index is -1.18. The lowest BCUT2D eigenvalue weighted by atomic mass is 9.83. The molecule has 0 aromatic carbocycles.